The average molecular weight is 457 g/mol. The van der Waals surface area contributed by atoms with Gasteiger partial charge in [0.2, 0.25) is 0 Å². The fourth-order valence-corrected chi connectivity index (χ4v) is 6.54. The summed E-state index contributed by atoms with van der Waals surface area (Å²) in [6.07, 6.45) is 0. The van der Waals surface area contributed by atoms with Crippen molar-refractivity contribution in [2.24, 2.45) is 0 Å². The number of nitriles is 2. The summed E-state index contributed by atoms with van der Waals surface area (Å²) < 4.78 is 0. The molecule has 2 aliphatic carbocycles. The Morgan fingerprint density at radius 3 is 1.47 bits per heavy atom. The molecule has 0 saturated heterocycles. The van der Waals surface area contributed by atoms with Crippen molar-refractivity contribution in [2.45, 2.75) is 11.3 Å². The Morgan fingerprint density at radius 2 is 0.972 bits per heavy atom. The van der Waals surface area contributed by atoms with Gasteiger partial charge < -0.3 is 0 Å². The van der Waals surface area contributed by atoms with E-state index in [-0.39, 0.29) is 5.92 Å². The Bertz CT molecular complexity index is 1650. The van der Waals surface area contributed by atoms with Gasteiger partial charge in [-0.1, -0.05) is 91.0 Å². The summed E-state index contributed by atoms with van der Waals surface area (Å²) in [5, 5.41) is 19.7. The lowest BCUT2D eigenvalue weighted by molar-refractivity contribution is 0.696. The molecule has 0 N–H and O–H groups in total. The molecular formula is C34H20N2. The van der Waals surface area contributed by atoms with Crippen LogP contribution in [0.1, 0.15) is 56.0 Å². The molecule has 0 aliphatic heterocycles. The number of hydrogen-bond acceptors (Lipinski definition) is 2. The third-order valence-electron chi connectivity index (χ3n) is 7.88. The van der Waals surface area contributed by atoms with Crippen LogP contribution in [0.4, 0.5) is 0 Å². The van der Waals surface area contributed by atoms with E-state index < -0.39 is 5.41 Å². The summed E-state index contributed by atoms with van der Waals surface area (Å²) in [6.45, 7) is 0. The number of nitrogens with zero attached hydrogens (tertiary/aromatic N) is 2. The molecule has 0 fully saturated rings. The first-order valence-corrected chi connectivity index (χ1v) is 12.1. The predicted molar refractivity (Wildman–Crippen MR) is 141 cm³/mol. The lowest BCUT2D eigenvalue weighted by Gasteiger charge is -2.43. The van der Waals surface area contributed by atoms with Crippen molar-refractivity contribution in [3.8, 4) is 23.3 Å². The van der Waals surface area contributed by atoms with Gasteiger partial charge in [-0.3, -0.25) is 0 Å². The molecule has 166 valence electrons. The zero-order valence-corrected chi connectivity index (χ0v) is 19.4. The van der Waals surface area contributed by atoms with Gasteiger partial charge in [0, 0.05) is 5.92 Å². The van der Waals surface area contributed by atoms with Crippen molar-refractivity contribution in [1.29, 1.82) is 10.5 Å². The molecule has 7 rings (SSSR count). The van der Waals surface area contributed by atoms with Gasteiger partial charge in [0.25, 0.3) is 0 Å². The molecule has 0 atom stereocenters. The first kappa shape index (κ1) is 20.5. The zero-order chi connectivity index (χ0) is 24.3. The molecule has 0 amide bonds. The van der Waals surface area contributed by atoms with Gasteiger partial charge in [0.15, 0.2) is 0 Å². The van der Waals surface area contributed by atoms with Crippen LogP contribution in [0.25, 0.3) is 11.1 Å². The van der Waals surface area contributed by atoms with Crippen LogP contribution in [0, 0.1) is 22.7 Å². The second-order valence-corrected chi connectivity index (χ2v) is 9.51. The van der Waals surface area contributed by atoms with E-state index in [0.717, 1.165) is 22.3 Å². The summed E-state index contributed by atoms with van der Waals surface area (Å²) in [7, 11) is 0. The van der Waals surface area contributed by atoms with Crippen LogP contribution in [-0.2, 0) is 5.41 Å². The third-order valence-corrected chi connectivity index (χ3v) is 7.88. The minimum Gasteiger partial charge on any atom is -0.192 e. The van der Waals surface area contributed by atoms with Crippen molar-refractivity contribution in [3.05, 3.63) is 165 Å². The van der Waals surface area contributed by atoms with Gasteiger partial charge >= 0.3 is 0 Å². The fraction of sp³-hybridized carbons (Fsp3) is 0.0588. The highest BCUT2D eigenvalue weighted by Gasteiger charge is 2.51. The minimum atomic E-state index is -0.608. The normalized spacial score (nSPS) is 14.2. The molecule has 0 unspecified atom stereocenters. The molecular weight excluding hydrogens is 436 g/mol. The molecule has 1 spiro atoms. The van der Waals surface area contributed by atoms with Gasteiger partial charge in [-0.2, -0.15) is 10.5 Å². The van der Waals surface area contributed by atoms with Gasteiger partial charge in [-0.15, -0.1) is 0 Å². The molecule has 2 aliphatic rings. The van der Waals surface area contributed by atoms with E-state index in [1.165, 1.54) is 27.8 Å². The lowest BCUT2D eigenvalue weighted by Crippen LogP contribution is -2.36. The van der Waals surface area contributed by atoms with E-state index in [1.807, 2.05) is 12.1 Å². The van der Waals surface area contributed by atoms with Crippen LogP contribution in [0.2, 0.25) is 0 Å². The SMILES string of the molecule is N#Cc1ccc2c(c1)C1(c3cc(C#N)ccc3-2)c2ccccc2C(c2ccccc2)c2ccccc21. The summed E-state index contributed by atoms with van der Waals surface area (Å²) >= 11 is 0. The fourth-order valence-electron chi connectivity index (χ4n) is 6.54. The second kappa shape index (κ2) is 7.54. The van der Waals surface area contributed by atoms with Crippen LogP contribution >= 0.6 is 0 Å². The smallest absolute Gasteiger partial charge is 0.0991 e. The number of benzene rings is 5. The highest BCUT2D eigenvalue weighted by Crippen LogP contribution is 2.61. The number of hydrogen-bond donors (Lipinski definition) is 0. The van der Waals surface area contributed by atoms with Gasteiger partial charge in [-0.05, 0) is 74.3 Å². The molecule has 0 radical (unpaired) electrons. The molecule has 0 saturated carbocycles. The Kier molecular flexibility index (Phi) is 4.28. The monoisotopic (exact) mass is 456 g/mol. The first-order valence-electron chi connectivity index (χ1n) is 12.1. The molecule has 36 heavy (non-hydrogen) atoms. The summed E-state index contributed by atoms with van der Waals surface area (Å²) in [6, 6.07) is 44.8. The molecule has 0 bridgehead atoms. The number of rotatable bonds is 1. The van der Waals surface area contributed by atoms with Crippen LogP contribution in [-0.4, -0.2) is 0 Å². The van der Waals surface area contributed by atoms with Gasteiger partial charge in [0.1, 0.15) is 0 Å². The van der Waals surface area contributed by atoms with Crippen LogP contribution in [0.15, 0.2) is 115 Å². The average Bonchev–Trinajstić information content (AvgIpc) is 3.23. The van der Waals surface area contributed by atoms with Gasteiger partial charge in [0.05, 0.1) is 28.7 Å². The Hall–Kier alpha value is -4.92. The van der Waals surface area contributed by atoms with Crippen LogP contribution in [0.3, 0.4) is 0 Å². The Labute approximate surface area is 210 Å². The highest BCUT2D eigenvalue weighted by molar-refractivity contribution is 5.89. The minimum absolute atomic E-state index is 0.0926. The van der Waals surface area contributed by atoms with E-state index in [1.54, 1.807) is 0 Å². The standard InChI is InChI=1S/C34H20N2/c35-20-22-14-16-25-26-17-15-23(21-36)19-32(26)34(31(25)18-22)29-12-6-4-10-27(29)33(24-8-2-1-3-9-24)28-11-5-7-13-30(28)34/h1-19,33H. The van der Waals surface area contributed by atoms with Crippen molar-refractivity contribution in [1.82, 2.24) is 0 Å². The zero-order valence-electron chi connectivity index (χ0n) is 19.4. The summed E-state index contributed by atoms with van der Waals surface area (Å²) in [4.78, 5) is 0. The molecule has 2 heteroatoms. The van der Waals surface area contributed by atoms with Gasteiger partial charge in [-0.25, -0.2) is 0 Å². The first-order chi connectivity index (χ1) is 17.8. The van der Waals surface area contributed by atoms with E-state index in [4.69, 9.17) is 0 Å². The molecule has 5 aromatic rings. The van der Waals surface area contributed by atoms with E-state index in [0.29, 0.717) is 11.1 Å². The van der Waals surface area contributed by atoms with Crippen molar-refractivity contribution < 1.29 is 0 Å². The maximum absolute atomic E-state index is 9.84. The summed E-state index contributed by atoms with van der Waals surface area (Å²) in [5.41, 5.74) is 11.3. The van der Waals surface area contributed by atoms with Crippen molar-refractivity contribution in [2.75, 3.05) is 0 Å². The van der Waals surface area contributed by atoms with E-state index >= 15 is 0 Å². The largest absolute Gasteiger partial charge is 0.192 e. The van der Waals surface area contributed by atoms with Crippen molar-refractivity contribution >= 4 is 0 Å². The lowest BCUT2D eigenvalue weighted by atomic mass is 9.58. The predicted octanol–water partition coefficient (Wildman–Crippen LogP) is 7.29. The Balaban J connectivity index is 1.68. The van der Waals surface area contributed by atoms with E-state index in [2.05, 4.69) is 115 Å². The quantitative estimate of drug-likeness (QED) is 0.260. The Morgan fingerprint density at radius 1 is 0.500 bits per heavy atom. The highest BCUT2D eigenvalue weighted by atomic mass is 14.5. The summed E-state index contributed by atoms with van der Waals surface area (Å²) in [5.74, 6) is 0.0926. The maximum atomic E-state index is 9.84. The molecule has 0 aromatic heterocycles. The number of fused-ring (bicyclic) bond motifs is 9. The molecule has 0 heterocycles. The molecule has 2 nitrogen and oxygen atoms in total. The van der Waals surface area contributed by atoms with Crippen LogP contribution < -0.4 is 0 Å². The third kappa shape index (κ3) is 2.54. The molecule has 5 aromatic carbocycles. The maximum Gasteiger partial charge on any atom is 0.0991 e. The topological polar surface area (TPSA) is 47.6 Å². The van der Waals surface area contributed by atoms with Crippen LogP contribution in [0.5, 0.6) is 0 Å². The van der Waals surface area contributed by atoms with Crippen molar-refractivity contribution in [3.63, 3.8) is 0 Å². The second-order valence-electron chi connectivity index (χ2n) is 9.51. The van der Waals surface area contributed by atoms with E-state index in [9.17, 15) is 10.5 Å².